The maximum absolute atomic E-state index is 12.8. The van der Waals surface area contributed by atoms with Crippen molar-refractivity contribution in [1.29, 1.82) is 0 Å². The molecule has 0 saturated heterocycles. The minimum absolute atomic E-state index is 0.00550. The number of nitrogens with one attached hydrogen (secondary N) is 3. The van der Waals surface area contributed by atoms with Gasteiger partial charge in [0.05, 0.1) is 18.1 Å². The second-order valence-electron chi connectivity index (χ2n) is 7.68. The molecule has 35 heavy (non-hydrogen) atoms. The Kier molecular flexibility index (Phi) is 9.55. The van der Waals surface area contributed by atoms with E-state index in [-0.39, 0.29) is 42.8 Å². The highest BCUT2D eigenvalue weighted by Gasteiger charge is 2.26. The molecule has 0 fully saturated rings. The van der Waals surface area contributed by atoms with Crippen LogP contribution in [0.5, 0.6) is 0 Å². The average Bonchev–Trinajstić information content (AvgIpc) is 3.30. The van der Waals surface area contributed by atoms with E-state index in [4.69, 9.17) is 15.2 Å². The summed E-state index contributed by atoms with van der Waals surface area (Å²) in [7, 11) is 0. The van der Waals surface area contributed by atoms with Crippen LogP contribution in [0.25, 0.3) is 0 Å². The van der Waals surface area contributed by atoms with Crippen LogP contribution in [0.1, 0.15) is 47.7 Å². The van der Waals surface area contributed by atoms with Gasteiger partial charge in [-0.2, -0.15) is 4.98 Å². The van der Waals surface area contributed by atoms with Gasteiger partial charge in [0.15, 0.2) is 0 Å². The number of hydrogen-bond donors (Lipinski definition) is 4. The van der Waals surface area contributed by atoms with Gasteiger partial charge in [0.25, 0.3) is 11.5 Å². The van der Waals surface area contributed by atoms with Gasteiger partial charge in [-0.3, -0.25) is 19.4 Å². The van der Waals surface area contributed by atoms with Crippen LogP contribution in [0, 0.1) is 0 Å². The molecule has 13 heteroatoms. The van der Waals surface area contributed by atoms with E-state index in [1.807, 2.05) is 6.07 Å². The summed E-state index contributed by atoms with van der Waals surface area (Å²) >= 11 is 2.80. The smallest absolute Gasteiger partial charge is 0.328 e. The molecule has 0 bridgehead atoms. The number of aryl methyl sites for hydroxylation is 1. The Morgan fingerprint density at radius 2 is 2.03 bits per heavy atom. The molecular formula is C22H29N5O6S2. The Balaban J connectivity index is 1.55. The number of anilines is 2. The number of esters is 2. The number of carbonyl (C=O) groups is 3. The van der Waals surface area contributed by atoms with Gasteiger partial charge in [0.1, 0.15) is 16.8 Å². The molecule has 0 saturated carbocycles. The zero-order valence-corrected chi connectivity index (χ0v) is 21.2. The van der Waals surface area contributed by atoms with Crippen molar-refractivity contribution in [3.8, 4) is 0 Å². The molecule has 3 heterocycles. The van der Waals surface area contributed by atoms with E-state index >= 15 is 0 Å². The molecule has 1 aliphatic heterocycles. The molecule has 0 unspecified atom stereocenters. The Morgan fingerprint density at radius 1 is 1.26 bits per heavy atom. The van der Waals surface area contributed by atoms with Gasteiger partial charge < -0.3 is 25.8 Å². The molecule has 0 radical (unpaired) electrons. The Bertz CT molecular complexity index is 1120. The van der Waals surface area contributed by atoms with Crippen LogP contribution in [0.4, 0.5) is 11.8 Å². The maximum Gasteiger partial charge on any atom is 0.328 e. The summed E-state index contributed by atoms with van der Waals surface area (Å²) < 4.78 is 9.93. The number of thioether (sulfide) groups is 1. The number of hydrogen-bond acceptors (Lipinski definition) is 11. The fourth-order valence-corrected chi connectivity index (χ4v) is 5.49. The van der Waals surface area contributed by atoms with E-state index in [0.29, 0.717) is 22.1 Å². The van der Waals surface area contributed by atoms with E-state index in [0.717, 1.165) is 17.7 Å². The minimum atomic E-state index is -0.942. The van der Waals surface area contributed by atoms with Crippen LogP contribution in [-0.2, 0) is 25.5 Å². The van der Waals surface area contributed by atoms with Crippen LogP contribution >= 0.6 is 23.1 Å². The van der Waals surface area contributed by atoms with E-state index < -0.39 is 23.9 Å². The van der Waals surface area contributed by atoms with Gasteiger partial charge in [-0.15, -0.1) is 23.1 Å². The Labute approximate surface area is 210 Å². The molecule has 0 aliphatic carbocycles. The van der Waals surface area contributed by atoms with Crippen molar-refractivity contribution < 1.29 is 23.9 Å². The standard InChI is InChI=1S/C22H29N5O6S2/c1-3-32-16(28)10-8-14(21(31)33-4-2)25-19(29)15-9-7-12(34-15)5-6-13-11-24-18-17(35-13)20(30)27-22(23)26-18/h7,9,13-14H,3-6,8,10-11H2,1-2H3,(H,25,29)(H4,23,24,26,27,30)/t13-,14-/m0/s1. The maximum atomic E-state index is 12.8. The van der Waals surface area contributed by atoms with Crippen LogP contribution in [0.15, 0.2) is 21.8 Å². The van der Waals surface area contributed by atoms with Gasteiger partial charge in [0.2, 0.25) is 5.95 Å². The number of aromatic amines is 1. The van der Waals surface area contributed by atoms with Crippen molar-refractivity contribution in [2.75, 3.05) is 30.8 Å². The summed E-state index contributed by atoms with van der Waals surface area (Å²) in [6.07, 6.45) is 1.59. The SMILES string of the molecule is CCOC(=O)CC[C@H](NC(=O)c1ccc(CC[C@H]2CNc3nc(N)[nH]c(=O)c3S2)s1)C(=O)OCC. The first kappa shape index (κ1) is 26.5. The lowest BCUT2D eigenvalue weighted by atomic mass is 10.1. The number of fused-ring (bicyclic) bond motifs is 1. The summed E-state index contributed by atoms with van der Waals surface area (Å²) in [6, 6.07) is 2.64. The fourth-order valence-electron chi connectivity index (χ4n) is 3.44. The monoisotopic (exact) mass is 523 g/mol. The number of nitrogen functional groups attached to an aromatic ring is 1. The molecule has 2 aromatic heterocycles. The number of nitrogens with two attached hydrogens (primary N) is 1. The second kappa shape index (κ2) is 12.6. The minimum Gasteiger partial charge on any atom is -0.466 e. The lowest BCUT2D eigenvalue weighted by molar-refractivity contribution is -0.146. The zero-order valence-electron chi connectivity index (χ0n) is 19.5. The first-order chi connectivity index (χ1) is 16.8. The lowest BCUT2D eigenvalue weighted by Crippen LogP contribution is -2.42. The van der Waals surface area contributed by atoms with Crippen molar-refractivity contribution in [2.45, 2.75) is 55.7 Å². The highest BCUT2D eigenvalue weighted by atomic mass is 32.2. The quantitative estimate of drug-likeness (QED) is 0.320. The van der Waals surface area contributed by atoms with E-state index in [9.17, 15) is 19.2 Å². The molecule has 1 amide bonds. The molecular weight excluding hydrogens is 494 g/mol. The number of aromatic nitrogens is 2. The number of ether oxygens (including phenoxy) is 2. The molecule has 0 spiro atoms. The number of nitrogens with zero attached hydrogens (tertiary/aromatic N) is 1. The van der Waals surface area contributed by atoms with Crippen LogP contribution in [-0.4, -0.2) is 58.9 Å². The molecule has 2 aromatic rings. The predicted octanol–water partition coefficient (Wildman–Crippen LogP) is 1.94. The summed E-state index contributed by atoms with van der Waals surface area (Å²) in [6.45, 7) is 4.44. The summed E-state index contributed by atoms with van der Waals surface area (Å²) in [5, 5.41) is 5.99. The zero-order chi connectivity index (χ0) is 25.4. The van der Waals surface area contributed by atoms with Gasteiger partial charge in [-0.1, -0.05) is 0 Å². The molecule has 11 nitrogen and oxygen atoms in total. The topological polar surface area (TPSA) is 165 Å². The molecule has 1 aliphatic rings. The number of H-pyrrole nitrogens is 1. The number of carbonyl (C=O) groups excluding carboxylic acids is 3. The number of thiophene rings is 1. The van der Waals surface area contributed by atoms with Gasteiger partial charge in [-0.05, 0) is 45.2 Å². The lowest BCUT2D eigenvalue weighted by Gasteiger charge is -2.23. The number of amides is 1. The van der Waals surface area contributed by atoms with Gasteiger partial charge in [0, 0.05) is 23.1 Å². The predicted molar refractivity (Wildman–Crippen MR) is 134 cm³/mol. The molecule has 0 aromatic carbocycles. The number of rotatable bonds is 11. The summed E-state index contributed by atoms with van der Waals surface area (Å²) in [5.41, 5.74) is 5.33. The Morgan fingerprint density at radius 3 is 2.77 bits per heavy atom. The molecule has 190 valence electrons. The third-order valence-electron chi connectivity index (χ3n) is 5.09. The van der Waals surface area contributed by atoms with Crippen LogP contribution in [0.2, 0.25) is 0 Å². The fraction of sp³-hybridized carbons (Fsp3) is 0.500. The van der Waals surface area contributed by atoms with Gasteiger partial charge in [-0.25, -0.2) is 4.79 Å². The van der Waals surface area contributed by atoms with Crippen molar-refractivity contribution in [2.24, 2.45) is 0 Å². The Hall–Kier alpha value is -3.06. The third kappa shape index (κ3) is 7.46. The van der Waals surface area contributed by atoms with Crippen molar-refractivity contribution >= 4 is 52.7 Å². The van der Waals surface area contributed by atoms with Crippen molar-refractivity contribution in [1.82, 2.24) is 15.3 Å². The third-order valence-corrected chi connectivity index (χ3v) is 7.59. The largest absolute Gasteiger partial charge is 0.466 e. The van der Waals surface area contributed by atoms with E-state index in [1.54, 1.807) is 19.9 Å². The normalized spacial score (nSPS) is 15.4. The van der Waals surface area contributed by atoms with Crippen molar-refractivity contribution in [3.05, 3.63) is 32.2 Å². The highest BCUT2D eigenvalue weighted by molar-refractivity contribution is 8.00. The van der Waals surface area contributed by atoms with E-state index in [2.05, 4.69) is 20.6 Å². The van der Waals surface area contributed by atoms with Gasteiger partial charge >= 0.3 is 11.9 Å². The first-order valence-electron chi connectivity index (χ1n) is 11.3. The molecule has 3 rings (SSSR count). The summed E-state index contributed by atoms with van der Waals surface area (Å²) in [5.74, 6) is -0.845. The highest BCUT2D eigenvalue weighted by Crippen LogP contribution is 2.33. The molecule has 2 atom stereocenters. The van der Waals surface area contributed by atoms with Crippen LogP contribution < -0.4 is 21.9 Å². The summed E-state index contributed by atoms with van der Waals surface area (Å²) in [4.78, 5) is 57.5. The van der Waals surface area contributed by atoms with E-state index in [1.165, 1.54) is 23.1 Å². The second-order valence-corrected chi connectivity index (χ2v) is 10.2. The van der Waals surface area contributed by atoms with Crippen molar-refractivity contribution in [3.63, 3.8) is 0 Å². The first-order valence-corrected chi connectivity index (χ1v) is 13.0. The van der Waals surface area contributed by atoms with Crippen LogP contribution in [0.3, 0.4) is 0 Å². The average molecular weight is 524 g/mol. The molecule has 5 N–H and O–H groups in total.